The minimum Gasteiger partial charge on any atom is -0.421 e. The molecule has 0 N–H and O–H groups in total. The summed E-state index contributed by atoms with van der Waals surface area (Å²) < 4.78 is 37.2. The van der Waals surface area contributed by atoms with E-state index in [0.29, 0.717) is 61.3 Å². The summed E-state index contributed by atoms with van der Waals surface area (Å²) in [7, 11) is 0. The highest BCUT2D eigenvalue weighted by Crippen LogP contribution is 2.44. The fourth-order valence-corrected chi connectivity index (χ4v) is 5.93. The summed E-state index contributed by atoms with van der Waals surface area (Å²) in [4.78, 5) is 0. The molecular formula is C24H6Br6N12O6. The zero-order chi connectivity index (χ0) is 33.4. The molecule has 240 valence electrons. The number of aromatic nitrogens is 12. The zero-order valence-corrected chi connectivity index (χ0v) is 32.1. The Morgan fingerprint density at radius 2 is 0.375 bits per heavy atom. The number of hydrogen-bond donors (Lipinski definition) is 0. The molecule has 0 saturated heterocycles. The molecule has 6 aromatic rings. The van der Waals surface area contributed by atoms with E-state index < -0.39 is 0 Å². The summed E-state index contributed by atoms with van der Waals surface area (Å²) in [6.45, 7) is 0. The van der Waals surface area contributed by atoms with Crippen LogP contribution in [0.4, 0.5) is 0 Å². The number of hydrogen-bond acceptors (Lipinski definition) is 18. The predicted octanol–water partition coefficient (Wildman–Crippen LogP) is 8.07. The molecule has 12 bridgehead atoms. The summed E-state index contributed by atoms with van der Waals surface area (Å²) in [6.07, 6.45) is 0. The molecule has 0 saturated carbocycles. The minimum absolute atomic E-state index is 0.161. The smallest absolute Gasteiger partial charge is 0.360 e. The Hall–Kier alpha value is -3.84. The first kappa shape index (κ1) is 32.7. The second-order valence-electron chi connectivity index (χ2n) is 8.58. The van der Waals surface area contributed by atoms with Crippen molar-refractivity contribution in [1.29, 1.82) is 0 Å². The van der Waals surface area contributed by atoms with Gasteiger partial charge in [-0.25, -0.2) is 0 Å². The van der Waals surface area contributed by atoms with E-state index in [4.69, 9.17) is 28.4 Å². The molecule has 3 aromatic heterocycles. The van der Waals surface area contributed by atoms with Crippen molar-refractivity contribution in [2.75, 3.05) is 0 Å². The molecule has 18 nitrogen and oxygen atoms in total. The summed E-state index contributed by atoms with van der Waals surface area (Å²) >= 11 is 20.7. The van der Waals surface area contributed by atoms with E-state index in [0.717, 1.165) is 0 Å². The summed E-state index contributed by atoms with van der Waals surface area (Å²) in [6, 6.07) is 8.55. The van der Waals surface area contributed by atoms with Crippen LogP contribution in [-0.2, 0) is 0 Å². The first-order chi connectivity index (χ1) is 23.2. The molecule has 0 amide bonds. The fourth-order valence-electron chi connectivity index (χ4n) is 3.48. The van der Waals surface area contributed by atoms with Crippen LogP contribution < -0.4 is 28.4 Å². The molecule has 22 rings (SSSR count). The first-order valence-electron chi connectivity index (χ1n) is 12.4. The number of rotatable bonds is 0. The maximum atomic E-state index is 5.74. The van der Waals surface area contributed by atoms with Gasteiger partial charge in [0.2, 0.25) is 0 Å². The maximum absolute atomic E-state index is 5.74. The number of ether oxygens (including phenoxy) is 6. The van der Waals surface area contributed by atoms with Gasteiger partial charge in [-0.05, 0) is 132 Å². The van der Waals surface area contributed by atoms with Gasteiger partial charge in [0.1, 0.15) is 34.5 Å². The van der Waals surface area contributed by atoms with E-state index in [1.807, 2.05) is 0 Å². The molecule has 16 aliphatic heterocycles. The van der Waals surface area contributed by atoms with Gasteiger partial charge in [-0.15, -0.1) is 0 Å². The van der Waals surface area contributed by atoms with Crippen molar-refractivity contribution in [3.8, 4) is 70.6 Å². The molecule has 0 aliphatic carbocycles. The maximum Gasteiger partial charge on any atom is 0.360 e. The van der Waals surface area contributed by atoms with Gasteiger partial charge in [-0.2, -0.15) is 0 Å². The topological polar surface area (TPSA) is 210 Å². The summed E-state index contributed by atoms with van der Waals surface area (Å²) in [5.41, 5.74) is 0. The van der Waals surface area contributed by atoms with Crippen molar-refractivity contribution in [1.82, 2.24) is 61.2 Å². The van der Waals surface area contributed by atoms with E-state index in [1.165, 1.54) is 0 Å². The van der Waals surface area contributed by atoms with E-state index in [-0.39, 0.29) is 36.1 Å². The van der Waals surface area contributed by atoms with Crippen molar-refractivity contribution in [3.05, 3.63) is 63.2 Å². The van der Waals surface area contributed by atoms with Crippen molar-refractivity contribution in [2.45, 2.75) is 0 Å². The van der Waals surface area contributed by atoms with Crippen LogP contribution in [0.3, 0.4) is 0 Å². The van der Waals surface area contributed by atoms with Gasteiger partial charge in [-0.1, -0.05) is 61.2 Å². The van der Waals surface area contributed by atoms with Crippen LogP contribution >= 0.6 is 95.6 Å². The van der Waals surface area contributed by atoms with E-state index >= 15 is 0 Å². The molecule has 16 aliphatic rings. The van der Waals surface area contributed by atoms with E-state index in [9.17, 15) is 0 Å². The highest BCUT2D eigenvalue weighted by Gasteiger charge is 2.20. The van der Waals surface area contributed by atoms with Crippen molar-refractivity contribution < 1.29 is 28.4 Å². The molecule has 0 radical (unpaired) electrons. The van der Waals surface area contributed by atoms with Crippen LogP contribution in [0.1, 0.15) is 0 Å². The molecule has 0 unspecified atom stereocenters. The van der Waals surface area contributed by atoms with Crippen LogP contribution in [-0.4, -0.2) is 61.2 Å². The third kappa shape index (κ3) is 6.98. The van der Waals surface area contributed by atoms with Gasteiger partial charge in [-0.3, -0.25) is 0 Å². The second-order valence-corrected chi connectivity index (χ2v) is 13.3. The van der Waals surface area contributed by atoms with Gasteiger partial charge in [0.25, 0.3) is 0 Å². The Kier molecular flexibility index (Phi) is 9.50. The summed E-state index contributed by atoms with van der Waals surface area (Å²) in [5, 5.41) is 47.2. The van der Waals surface area contributed by atoms with E-state index in [2.05, 4.69) is 157 Å². The Morgan fingerprint density at radius 1 is 0.250 bits per heavy atom. The van der Waals surface area contributed by atoms with Gasteiger partial charge < -0.3 is 28.4 Å². The lowest BCUT2D eigenvalue weighted by Crippen LogP contribution is -2.03. The van der Waals surface area contributed by atoms with Crippen LogP contribution in [0.25, 0.3) is 0 Å². The first-order valence-corrected chi connectivity index (χ1v) is 17.2. The Bertz CT molecular complexity index is 1780. The van der Waals surface area contributed by atoms with Crippen LogP contribution in [0.5, 0.6) is 70.6 Å². The molecule has 0 spiro atoms. The molecule has 24 heteroatoms. The van der Waals surface area contributed by atoms with E-state index in [1.54, 1.807) is 36.4 Å². The number of halogens is 6. The van der Waals surface area contributed by atoms with Gasteiger partial charge >= 0.3 is 36.1 Å². The van der Waals surface area contributed by atoms with Gasteiger partial charge in [0.15, 0.2) is 0 Å². The number of benzene rings is 3. The second kappa shape index (κ2) is 13.9. The molecule has 0 atom stereocenters. The average molecular weight is 1040 g/mol. The average Bonchev–Trinajstić information content (AvgIpc) is 3.09. The Morgan fingerprint density at radius 3 is 0.500 bits per heavy atom. The summed E-state index contributed by atoms with van der Waals surface area (Å²) in [5.74, 6) is 1.87. The molecule has 3 aromatic carbocycles. The van der Waals surface area contributed by atoms with Crippen molar-refractivity contribution in [3.63, 3.8) is 0 Å². The highest BCUT2D eigenvalue weighted by atomic mass is 79.9. The highest BCUT2D eigenvalue weighted by molar-refractivity contribution is 9.13. The molecule has 19 heterocycles. The molecular weight excluding hydrogens is 1030 g/mol. The van der Waals surface area contributed by atoms with Crippen LogP contribution in [0, 0.1) is 0 Å². The monoisotopic (exact) mass is 1030 g/mol. The van der Waals surface area contributed by atoms with Crippen LogP contribution in [0.2, 0.25) is 0 Å². The fraction of sp³-hybridized carbons (Fsp3) is 0. The van der Waals surface area contributed by atoms with Gasteiger partial charge in [0.05, 0.1) is 26.8 Å². The quantitative estimate of drug-likeness (QED) is 0.141. The standard InChI is InChI=1S/C24H6Br6N12O6/c25-13-7-1-2-8(14(13)26)44-20-33-37-22(38-34-20)46-10-5-6-12(18(30)16(10)28)48-24-41-39-23(40-42-24)47-11-4-3-9(15(27)17(11)29)45-21-35-31-19(43-7)32-36-21/h1-6H. The molecule has 0 fully saturated rings. The zero-order valence-electron chi connectivity index (χ0n) is 22.5. The third-order valence-electron chi connectivity index (χ3n) is 5.57. The largest absolute Gasteiger partial charge is 0.421 e. The third-order valence-corrected chi connectivity index (χ3v) is 11.9. The molecule has 48 heavy (non-hydrogen) atoms. The minimum atomic E-state index is -0.161. The SMILES string of the molecule is Brc1c2ccc(c1Br)Oc1nnc(nn1)Oc1ccc(c(Br)c1Br)Oc1nnc(nn1)Oc1ccc(c(Br)c1Br)Oc1nnc(nn1)O2. The Balaban J connectivity index is 1.22. The lowest BCUT2D eigenvalue weighted by Gasteiger charge is -2.12. The normalized spacial score (nSPS) is 12.1. The lowest BCUT2D eigenvalue weighted by atomic mass is 10.3. The lowest BCUT2D eigenvalue weighted by molar-refractivity contribution is 0.369. The predicted molar refractivity (Wildman–Crippen MR) is 179 cm³/mol. The number of nitrogens with zero attached hydrogens (tertiary/aromatic N) is 12. The van der Waals surface area contributed by atoms with Gasteiger partial charge in [0, 0.05) is 0 Å². The van der Waals surface area contributed by atoms with Crippen molar-refractivity contribution >= 4 is 95.6 Å². The van der Waals surface area contributed by atoms with Crippen LogP contribution in [0.15, 0.2) is 63.2 Å². The Labute approximate surface area is 316 Å². The van der Waals surface area contributed by atoms with Crippen molar-refractivity contribution in [2.24, 2.45) is 0 Å².